The third-order valence-corrected chi connectivity index (χ3v) is 4.85. The van der Waals surface area contributed by atoms with Crippen molar-refractivity contribution >= 4 is 0 Å². The van der Waals surface area contributed by atoms with E-state index in [0.717, 1.165) is 37.3 Å². The van der Waals surface area contributed by atoms with Crippen molar-refractivity contribution in [3.05, 3.63) is 35.4 Å². The smallest absolute Gasteiger partial charge is 0.159 e. The van der Waals surface area contributed by atoms with Gasteiger partial charge in [0.15, 0.2) is 11.6 Å². The quantitative estimate of drug-likeness (QED) is 0.422. The van der Waals surface area contributed by atoms with E-state index in [9.17, 15) is 24.1 Å². The van der Waals surface area contributed by atoms with Crippen LogP contribution in [-0.2, 0) is 6.42 Å². The molecule has 142 valence electrons. The summed E-state index contributed by atoms with van der Waals surface area (Å²) < 4.78 is 25.9. The monoisotopic (exact) mass is 359 g/mol. The van der Waals surface area contributed by atoms with Crippen LogP contribution in [0.15, 0.2) is 18.2 Å². The van der Waals surface area contributed by atoms with E-state index in [1.165, 1.54) is 6.07 Å². The van der Waals surface area contributed by atoms with Crippen molar-refractivity contribution in [2.45, 2.75) is 68.9 Å². The van der Waals surface area contributed by atoms with Crippen molar-refractivity contribution in [2.24, 2.45) is 0 Å². The van der Waals surface area contributed by atoms with Gasteiger partial charge in [-0.05, 0) is 37.0 Å². The molecule has 25 heavy (non-hydrogen) atoms. The van der Waals surface area contributed by atoms with E-state index < -0.39 is 42.0 Å². The molecule has 5 atom stereocenters. The highest BCUT2D eigenvalue weighted by molar-refractivity contribution is 5.17. The number of aliphatic hydroxyl groups is 4. The first-order chi connectivity index (χ1) is 11.9. The summed E-state index contributed by atoms with van der Waals surface area (Å²) in [5.41, 5.74) is 0.765. The van der Waals surface area contributed by atoms with Crippen LogP contribution in [0.5, 0.6) is 0 Å². The van der Waals surface area contributed by atoms with Crippen LogP contribution >= 0.6 is 0 Å². The molecule has 1 fully saturated rings. The van der Waals surface area contributed by atoms with Crippen LogP contribution in [0.4, 0.5) is 8.78 Å². The number of hydrogen-bond donors (Lipinski definition) is 5. The minimum absolute atomic E-state index is 0.300. The standard InChI is InChI=1S/C18H27F2NO4/c19-12-8-7-11(9-13(12)20)5-3-1-2-4-6-15(23)16-18(25)17(24)14(10-22)21-16/h7-9,14-18,21-25H,1-6,10H2/t14-,15+,16-,17-,18-/m1/s1. The van der Waals surface area contributed by atoms with Crippen LogP contribution in [0.25, 0.3) is 0 Å². The Kier molecular flexibility index (Phi) is 7.71. The summed E-state index contributed by atoms with van der Waals surface area (Å²) in [6.45, 7) is -0.300. The molecule has 7 heteroatoms. The highest BCUT2D eigenvalue weighted by Gasteiger charge is 2.43. The van der Waals surface area contributed by atoms with Crippen molar-refractivity contribution < 1.29 is 29.2 Å². The summed E-state index contributed by atoms with van der Waals surface area (Å²) in [7, 11) is 0. The number of hydrogen-bond acceptors (Lipinski definition) is 5. The molecule has 0 bridgehead atoms. The van der Waals surface area contributed by atoms with Gasteiger partial charge in [-0.25, -0.2) is 8.78 Å². The lowest BCUT2D eigenvalue weighted by Gasteiger charge is -2.22. The van der Waals surface area contributed by atoms with Crippen LogP contribution in [0, 0.1) is 11.6 Å². The SMILES string of the molecule is OC[C@H]1N[C@H]([C@@H](O)CCCCCCc2ccc(F)c(F)c2)[C@@H](O)[C@@H]1O. The fraction of sp³-hybridized carbons (Fsp3) is 0.667. The molecule has 2 rings (SSSR count). The average Bonchev–Trinajstić information content (AvgIpc) is 2.89. The highest BCUT2D eigenvalue weighted by atomic mass is 19.2. The second kappa shape index (κ2) is 9.54. The maximum absolute atomic E-state index is 13.1. The van der Waals surface area contributed by atoms with Crippen molar-refractivity contribution in [3.8, 4) is 0 Å². The molecule has 0 unspecified atom stereocenters. The molecule has 1 aliphatic rings. The van der Waals surface area contributed by atoms with E-state index in [1.54, 1.807) is 6.07 Å². The molecule has 1 aliphatic heterocycles. The zero-order chi connectivity index (χ0) is 18.4. The molecule has 1 saturated heterocycles. The minimum Gasteiger partial charge on any atom is -0.395 e. The normalized spacial score (nSPS) is 27.6. The topological polar surface area (TPSA) is 93.0 Å². The van der Waals surface area contributed by atoms with Crippen LogP contribution in [0.3, 0.4) is 0 Å². The van der Waals surface area contributed by atoms with Gasteiger partial charge in [0, 0.05) is 0 Å². The summed E-state index contributed by atoms with van der Waals surface area (Å²) in [4.78, 5) is 0. The van der Waals surface area contributed by atoms with Crippen LogP contribution in [0.2, 0.25) is 0 Å². The van der Waals surface area contributed by atoms with Gasteiger partial charge in [0.2, 0.25) is 0 Å². The average molecular weight is 359 g/mol. The number of nitrogens with one attached hydrogen (secondary N) is 1. The number of aryl methyl sites for hydroxylation is 1. The number of unbranched alkanes of at least 4 members (excludes halogenated alkanes) is 3. The van der Waals surface area contributed by atoms with E-state index in [0.29, 0.717) is 12.8 Å². The molecular weight excluding hydrogens is 332 g/mol. The Balaban J connectivity index is 1.62. The first-order valence-corrected chi connectivity index (χ1v) is 8.79. The van der Waals surface area contributed by atoms with Crippen LogP contribution in [0.1, 0.15) is 37.7 Å². The Morgan fingerprint density at radius 1 is 1.00 bits per heavy atom. The molecule has 5 N–H and O–H groups in total. The Hall–Kier alpha value is -1.12. The third kappa shape index (κ3) is 5.43. The van der Waals surface area contributed by atoms with Gasteiger partial charge in [-0.1, -0.05) is 25.3 Å². The first kappa shape index (κ1) is 20.2. The van der Waals surface area contributed by atoms with Gasteiger partial charge >= 0.3 is 0 Å². The summed E-state index contributed by atoms with van der Waals surface area (Å²) in [5, 5.41) is 41.7. The van der Waals surface area contributed by atoms with Gasteiger partial charge in [0.05, 0.1) is 37.0 Å². The van der Waals surface area contributed by atoms with Gasteiger partial charge in [-0.15, -0.1) is 0 Å². The molecule has 5 nitrogen and oxygen atoms in total. The molecule has 1 aromatic carbocycles. The van der Waals surface area contributed by atoms with Crippen molar-refractivity contribution in [1.29, 1.82) is 0 Å². The number of benzene rings is 1. The van der Waals surface area contributed by atoms with Crippen LogP contribution < -0.4 is 5.32 Å². The fourth-order valence-corrected chi connectivity index (χ4v) is 3.31. The molecule has 0 radical (unpaired) electrons. The Morgan fingerprint density at radius 2 is 1.72 bits per heavy atom. The summed E-state index contributed by atoms with van der Waals surface area (Å²) in [6.07, 6.45) is 1.54. The molecule has 0 aliphatic carbocycles. The predicted octanol–water partition coefficient (Wildman–Crippen LogP) is 0.873. The van der Waals surface area contributed by atoms with Crippen molar-refractivity contribution in [1.82, 2.24) is 5.32 Å². The van der Waals surface area contributed by atoms with Crippen molar-refractivity contribution in [3.63, 3.8) is 0 Å². The van der Waals surface area contributed by atoms with Gasteiger partial charge in [0.1, 0.15) is 0 Å². The molecule has 0 aromatic heterocycles. The fourth-order valence-electron chi connectivity index (χ4n) is 3.31. The first-order valence-electron chi connectivity index (χ1n) is 8.79. The summed E-state index contributed by atoms with van der Waals surface area (Å²) in [6, 6.07) is 2.67. The predicted molar refractivity (Wildman–Crippen MR) is 89.0 cm³/mol. The molecule has 0 amide bonds. The van der Waals surface area contributed by atoms with E-state index in [-0.39, 0.29) is 6.61 Å². The Labute approximate surface area is 146 Å². The molecule has 0 spiro atoms. The van der Waals surface area contributed by atoms with Gasteiger partial charge in [0.25, 0.3) is 0 Å². The summed E-state index contributed by atoms with van der Waals surface area (Å²) in [5.74, 6) is -1.67. The third-order valence-electron chi connectivity index (χ3n) is 4.85. The lowest BCUT2D eigenvalue weighted by Crippen LogP contribution is -2.44. The largest absolute Gasteiger partial charge is 0.395 e. The highest BCUT2D eigenvalue weighted by Crippen LogP contribution is 2.20. The molecule has 1 aromatic rings. The van der Waals surface area contributed by atoms with Crippen LogP contribution in [-0.4, -0.2) is 57.4 Å². The zero-order valence-corrected chi connectivity index (χ0v) is 14.1. The van der Waals surface area contributed by atoms with E-state index in [4.69, 9.17) is 5.11 Å². The lowest BCUT2D eigenvalue weighted by atomic mass is 9.98. The van der Waals surface area contributed by atoms with E-state index >= 15 is 0 Å². The Morgan fingerprint density at radius 3 is 2.36 bits per heavy atom. The number of halogens is 2. The van der Waals surface area contributed by atoms with Crippen molar-refractivity contribution in [2.75, 3.05) is 6.61 Å². The maximum Gasteiger partial charge on any atom is 0.159 e. The number of rotatable bonds is 9. The summed E-state index contributed by atoms with van der Waals surface area (Å²) >= 11 is 0. The van der Waals surface area contributed by atoms with Gasteiger partial charge in [-0.2, -0.15) is 0 Å². The van der Waals surface area contributed by atoms with E-state index in [1.807, 2.05) is 0 Å². The zero-order valence-electron chi connectivity index (χ0n) is 14.1. The van der Waals surface area contributed by atoms with E-state index in [2.05, 4.69) is 5.32 Å². The molecule has 1 heterocycles. The molecule has 0 saturated carbocycles. The lowest BCUT2D eigenvalue weighted by molar-refractivity contribution is -0.00443. The second-order valence-corrected chi connectivity index (χ2v) is 6.73. The molecular formula is C18H27F2NO4. The van der Waals surface area contributed by atoms with Gasteiger partial charge < -0.3 is 25.7 Å². The minimum atomic E-state index is -1.10. The van der Waals surface area contributed by atoms with Gasteiger partial charge in [-0.3, -0.25) is 0 Å². The Bertz CT molecular complexity index is 546. The maximum atomic E-state index is 13.1. The number of aliphatic hydroxyl groups excluding tert-OH is 4. The second-order valence-electron chi connectivity index (χ2n) is 6.73.